The maximum atomic E-state index is 10.3. The molecule has 2 saturated carbocycles. The van der Waals surface area contributed by atoms with E-state index >= 15 is 0 Å². The summed E-state index contributed by atoms with van der Waals surface area (Å²) in [4.78, 5) is 20.5. The summed E-state index contributed by atoms with van der Waals surface area (Å²) in [5, 5.41) is 8.34. The molecule has 2 fully saturated rings. The highest BCUT2D eigenvalue weighted by Gasteiger charge is 2.31. The van der Waals surface area contributed by atoms with Crippen molar-refractivity contribution in [3.63, 3.8) is 0 Å². The Bertz CT molecular complexity index is 359. The molecule has 22 heavy (non-hydrogen) atoms. The molecule has 0 saturated heterocycles. The van der Waals surface area contributed by atoms with Crippen LogP contribution >= 0.6 is 11.8 Å². The van der Waals surface area contributed by atoms with Gasteiger partial charge in [-0.15, -0.1) is 0 Å². The highest BCUT2D eigenvalue weighted by molar-refractivity contribution is 8.13. The van der Waals surface area contributed by atoms with Gasteiger partial charge in [0.05, 0.1) is 12.0 Å². The molecule has 0 bridgehead atoms. The summed E-state index contributed by atoms with van der Waals surface area (Å²) in [7, 11) is 1.87. The molecule has 0 aromatic rings. The summed E-state index contributed by atoms with van der Waals surface area (Å²) < 4.78 is 5.44. The molecule has 2 aliphatic carbocycles. The normalized spacial score (nSPS) is 28.8. The lowest BCUT2D eigenvalue weighted by atomic mass is 9.70. The minimum absolute atomic E-state index is 0.0342. The third-order valence-corrected chi connectivity index (χ3v) is 5.86. The van der Waals surface area contributed by atoms with Crippen LogP contribution in [0.4, 0.5) is 0 Å². The highest BCUT2D eigenvalue weighted by Crippen LogP contribution is 2.40. The van der Waals surface area contributed by atoms with Gasteiger partial charge in [0.2, 0.25) is 0 Å². The van der Waals surface area contributed by atoms with Crippen LogP contribution in [0.5, 0.6) is 0 Å². The van der Waals surface area contributed by atoms with Gasteiger partial charge in [-0.1, -0.05) is 44.4 Å². The molecule has 4 nitrogen and oxygen atoms in total. The second-order valence-corrected chi connectivity index (χ2v) is 7.71. The Hall–Kier alpha value is -0.550. The van der Waals surface area contributed by atoms with E-state index in [0.717, 1.165) is 23.6 Å². The van der Waals surface area contributed by atoms with Crippen LogP contribution in [-0.4, -0.2) is 35.2 Å². The van der Waals surface area contributed by atoms with Crippen molar-refractivity contribution in [3.8, 4) is 0 Å². The van der Waals surface area contributed by atoms with Gasteiger partial charge in [0, 0.05) is 19.8 Å². The summed E-state index contributed by atoms with van der Waals surface area (Å²) in [6, 6.07) is 0. The number of ether oxygens (including phenoxy) is 1. The van der Waals surface area contributed by atoms with Gasteiger partial charge in [0.25, 0.3) is 0 Å². The van der Waals surface area contributed by atoms with Crippen LogP contribution < -0.4 is 0 Å². The number of rotatable bonds is 4. The van der Waals surface area contributed by atoms with Crippen molar-refractivity contribution in [2.45, 2.75) is 64.9 Å². The van der Waals surface area contributed by atoms with E-state index in [-0.39, 0.29) is 5.12 Å². The van der Waals surface area contributed by atoms with E-state index in [1.54, 1.807) is 6.92 Å². The van der Waals surface area contributed by atoms with Crippen molar-refractivity contribution < 1.29 is 19.4 Å². The minimum atomic E-state index is -0.853. The fraction of sp³-hybridized carbons (Fsp3) is 0.882. The molecular formula is C17H30O4S. The quantitative estimate of drug-likeness (QED) is 0.844. The largest absolute Gasteiger partial charge is 0.481 e. The van der Waals surface area contributed by atoms with Gasteiger partial charge < -0.3 is 9.84 Å². The zero-order chi connectivity index (χ0) is 16.5. The van der Waals surface area contributed by atoms with Crippen LogP contribution in [0, 0.1) is 17.8 Å². The molecule has 0 amide bonds. The first kappa shape index (κ1) is 19.5. The molecule has 0 aromatic carbocycles. The van der Waals surface area contributed by atoms with Gasteiger partial charge >= 0.3 is 5.97 Å². The van der Waals surface area contributed by atoms with Crippen LogP contribution in [0.3, 0.4) is 0 Å². The highest BCUT2D eigenvalue weighted by atomic mass is 32.2. The van der Waals surface area contributed by atoms with Gasteiger partial charge in [0.15, 0.2) is 5.12 Å². The molecule has 0 radical (unpaired) electrons. The first-order valence-corrected chi connectivity index (χ1v) is 9.31. The fourth-order valence-electron chi connectivity index (χ4n) is 3.36. The molecule has 0 aliphatic heterocycles. The van der Waals surface area contributed by atoms with E-state index in [1.807, 2.05) is 7.11 Å². The van der Waals surface area contributed by atoms with Crippen LogP contribution in [0.1, 0.15) is 58.8 Å². The van der Waals surface area contributed by atoms with Crippen molar-refractivity contribution in [1.82, 2.24) is 0 Å². The molecule has 0 spiro atoms. The van der Waals surface area contributed by atoms with E-state index in [2.05, 4.69) is 0 Å². The predicted molar refractivity (Wildman–Crippen MR) is 90.0 cm³/mol. The Balaban J connectivity index is 0.000000225. The first-order valence-electron chi connectivity index (χ1n) is 8.33. The number of methoxy groups -OCH3 is 1. The Morgan fingerprint density at radius 2 is 1.82 bits per heavy atom. The summed E-state index contributed by atoms with van der Waals surface area (Å²) in [6.45, 7) is 3.01. The molecule has 0 heterocycles. The molecule has 4 unspecified atom stereocenters. The van der Waals surface area contributed by atoms with Crippen molar-refractivity contribution in [3.05, 3.63) is 0 Å². The van der Waals surface area contributed by atoms with Crippen LogP contribution in [-0.2, 0) is 14.3 Å². The van der Waals surface area contributed by atoms with Crippen LogP contribution in [0.15, 0.2) is 0 Å². The monoisotopic (exact) mass is 330 g/mol. The van der Waals surface area contributed by atoms with Crippen molar-refractivity contribution in [1.29, 1.82) is 0 Å². The van der Waals surface area contributed by atoms with Gasteiger partial charge in [-0.2, -0.15) is 0 Å². The molecule has 4 atom stereocenters. The number of carboxylic acids is 1. The van der Waals surface area contributed by atoms with Crippen LogP contribution in [0.25, 0.3) is 0 Å². The van der Waals surface area contributed by atoms with Crippen molar-refractivity contribution in [2.24, 2.45) is 17.8 Å². The Morgan fingerprint density at radius 1 is 1.18 bits per heavy atom. The molecule has 0 aromatic heterocycles. The van der Waals surface area contributed by atoms with Crippen molar-refractivity contribution >= 4 is 22.8 Å². The summed E-state index contributed by atoms with van der Waals surface area (Å²) in [5.41, 5.74) is 0. The number of hydrogen-bond donors (Lipinski definition) is 1. The van der Waals surface area contributed by atoms with E-state index in [0.29, 0.717) is 11.9 Å². The van der Waals surface area contributed by atoms with E-state index in [4.69, 9.17) is 9.84 Å². The lowest BCUT2D eigenvalue weighted by molar-refractivity contribution is -0.140. The topological polar surface area (TPSA) is 63.6 Å². The van der Waals surface area contributed by atoms with E-state index in [1.165, 1.54) is 51.9 Å². The van der Waals surface area contributed by atoms with Crippen molar-refractivity contribution in [2.75, 3.05) is 12.9 Å². The first-order chi connectivity index (χ1) is 10.4. The summed E-state index contributed by atoms with van der Waals surface area (Å²) in [5.74, 6) is 1.15. The molecule has 5 heteroatoms. The van der Waals surface area contributed by atoms with Crippen LogP contribution in [0.2, 0.25) is 0 Å². The van der Waals surface area contributed by atoms with Gasteiger partial charge in [0.1, 0.15) is 0 Å². The molecule has 128 valence electrons. The Labute approximate surface area is 138 Å². The number of carbonyl (C=O) groups is 2. The second kappa shape index (κ2) is 10.3. The molecule has 2 rings (SSSR count). The maximum absolute atomic E-state index is 10.3. The smallest absolute Gasteiger partial charge is 0.307 e. The van der Waals surface area contributed by atoms with Gasteiger partial charge in [-0.25, -0.2) is 0 Å². The zero-order valence-corrected chi connectivity index (χ0v) is 14.9. The average Bonchev–Trinajstić information content (AvgIpc) is 2.52. The second-order valence-electron chi connectivity index (χ2n) is 6.52. The summed E-state index contributed by atoms with van der Waals surface area (Å²) in [6.07, 6.45) is 10.6. The third kappa shape index (κ3) is 7.14. The lowest BCUT2D eigenvalue weighted by Crippen LogP contribution is -2.31. The third-order valence-electron chi connectivity index (χ3n) is 4.78. The minimum Gasteiger partial charge on any atom is -0.481 e. The number of thioether (sulfide) groups is 1. The van der Waals surface area contributed by atoms with E-state index in [9.17, 15) is 9.59 Å². The summed E-state index contributed by atoms with van der Waals surface area (Å²) >= 11 is 1.05. The number of carbonyl (C=O) groups excluding carboxylic acids is 1. The van der Waals surface area contributed by atoms with Gasteiger partial charge in [-0.05, 0) is 31.1 Å². The number of fused-ring (bicyclic) bond motifs is 1. The van der Waals surface area contributed by atoms with E-state index < -0.39 is 11.9 Å². The number of carboxylic acid groups (broad SMARTS) is 1. The molecule has 2 aliphatic rings. The Kier molecular flexibility index (Phi) is 9.10. The number of aliphatic carboxylic acids is 1. The maximum Gasteiger partial charge on any atom is 0.307 e. The molecule has 1 N–H and O–H groups in total. The molecular weight excluding hydrogens is 300 g/mol. The number of hydrogen-bond acceptors (Lipinski definition) is 4. The fourth-order valence-corrected chi connectivity index (χ4v) is 3.99. The SMILES string of the molecule is CC(=O)SCC(C)C(=O)O.COC1CCC2CCCCC2C1. The Morgan fingerprint density at radius 3 is 2.36 bits per heavy atom. The van der Waals surface area contributed by atoms with Gasteiger partial charge in [-0.3, -0.25) is 9.59 Å². The lowest BCUT2D eigenvalue weighted by Gasteiger charge is -2.38. The average molecular weight is 330 g/mol. The zero-order valence-electron chi connectivity index (χ0n) is 14.0. The predicted octanol–water partition coefficient (Wildman–Crippen LogP) is 3.98. The standard InChI is InChI=1S/C11H20O.C6H10O3S/c1-12-11-7-6-9-4-2-3-5-10(9)8-11;1-4(6(8)9)3-10-5(2)7/h9-11H,2-8H2,1H3;4H,3H2,1-2H3,(H,8,9).